The van der Waals surface area contributed by atoms with Gasteiger partial charge >= 0.3 is 5.97 Å². The fourth-order valence-electron chi connectivity index (χ4n) is 1.56. The first kappa shape index (κ1) is 14.5. The second-order valence-corrected chi connectivity index (χ2v) is 4.84. The smallest absolute Gasteiger partial charge is 0.338 e. The summed E-state index contributed by atoms with van der Waals surface area (Å²) in [7, 11) is 0. The minimum absolute atomic E-state index is 0.0155. The lowest BCUT2D eigenvalue weighted by atomic mass is 10.1. The second kappa shape index (κ2) is 6.00. The van der Waals surface area contributed by atoms with Crippen LogP contribution in [0.2, 0.25) is 0 Å². The number of hydrogen-bond acceptors (Lipinski definition) is 2. The van der Waals surface area contributed by atoms with Crippen molar-refractivity contribution in [3.8, 4) is 5.75 Å². The molecule has 0 fully saturated rings. The van der Waals surface area contributed by atoms with E-state index in [1.54, 1.807) is 6.07 Å². The molecule has 0 aliphatic carbocycles. The minimum Gasteiger partial charge on any atom is -0.489 e. The molecule has 2 rings (SSSR count). The van der Waals surface area contributed by atoms with Gasteiger partial charge in [0.15, 0.2) is 0 Å². The van der Waals surface area contributed by atoms with Crippen molar-refractivity contribution in [2.45, 2.75) is 6.61 Å². The standard InChI is InChI=1S/C14H9BrF2O3/c15-11-3-2-9(6-13(11)17)20-7-8-1-4-12(16)10(5-8)14(18)19/h1-6H,7H2,(H,18,19). The Morgan fingerprint density at radius 2 is 1.90 bits per heavy atom. The largest absolute Gasteiger partial charge is 0.489 e. The first-order valence-electron chi connectivity index (χ1n) is 5.57. The zero-order chi connectivity index (χ0) is 14.7. The number of rotatable bonds is 4. The SMILES string of the molecule is O=C(O)c1cc(COc2ccc(Br)c(F)c2)ccc1F. The molecule has 6 heteroatoms. The topological polar surface area (TPSA) is 46.5 Å². The summed E-state index contributed by atoms with van der Waals surface area (Å²) in [6.45, 7) is 0.0155. The highest BCUT2D eigenvalue weighted by molar-refractivity contribution is 9.10. The van der Waals surface area contributed by atoms with Gasteiger partial charge in [-0.3, -0.25) is 0 Å². The molecule has 0 aliphatic rings. The molecule has 0 aromatic heterocycles. The number of hydrogen-bond donors (Lipinski definition) is 1. The Morgan fingerprint density at radius 1 is 1.15 bits per heavy atom. The fourth-order valence-corrected chi connectivity index (χ4v) is 1.81. The van der Waals surface area contributed by atoms with Gasteiger partial charge in [-0.05, 0) is 45.8 Å². The lowest BCUT2D eigenvalue weighted by molar-refractivity contribution is 0.0691. The monoisotopic (exact) mass is 342 g/mol. The molecule has 0 unspecified atom stereocenters. The van der Waals surface area contributed by atoms with Gasteiger partial charge in [0.05, 0.1) is 10.0 Å². The van der Waals surface area contributed by atoms with Gasteiger partial charge in [0, 0.05) is 6.07 Å². The molecule has 20 heavy (non-hydrogen) atoms. The van der Waals surface area contributed by atoms with Crippen molar-refractivity contribution >= 4 is 21.9 Å². The van der Waals surface area contributed by atoms with Crippen LogP contribution < -0.4 is 4.74 Å². The van der Waals surface area contributed by atoms with Crippen LogP contribution in [0.25, 0.3) is 0 Å². The molecule has 0 aliphatic heterocycles. The van der Waals surface area contributed by atoms with Gasteiger partial charge in [0.1, 0.15) is 24.0 Å². The van der Waals surface area contributed by atoms with Crippen LogP contribution >= 0.6 is 15.9 Å². The number of halogens is 3. The normalized spacial score (nSPS) is 10.3. The van der Waals surface area contributed by atoms with Crippen molar-refractivity contribution < 1.29 is 23.4 Å². The second-order valence-electron chi connectivity index (χ2n) is 3.98. The molecule has 0 amide bonds. The summed E-state index contributed by atoms with van der Waals surface area (Å²) in [4.78, 5) is 10.8. The van der Waals surface area contributed by atoms with Gasteiger partial charge in [-0.15, -0.1) is 0 Å². The van der Waals surface area contributed by atoms with Crippen molar-refractivity contribution in [3.05, 3.63) is 63.6 Å². The van der Waals surface area contributed by atoms with Gasteiger partial charge < -0.3 is 9.84 Å². The quantitative estimate of drug-likeness (QED) is 0.913. The van der Waals surface area contributed by atoms with Crippen LogP contribution in [0, 0.1) is 11.6 Å². The van der Waals surface area contributed by atoms with Crippen LogP contribution in [0.5, 0.6) is 5.75 Å². The van der Waals surface area contributed by atoms with E-state index < -0.39 is 23.2 Å². The summed E-state index contributed by atoms with van der Waals surface area (Å²) in [6, 6.07) is 7.92. The number of ether oxygens (including phenoxy) is 1. The molecule has 2 aromatic carbocycles. The van der Waals surface area contributed by atoms with E-state index in [-0.39, 0.29) is 6.61 Å². The molecular formula is C14H9BrF2O3. The molecule has 2 aromatic rings. The minimum atomic E-state index is -1.35. The van der Waals surface area contributed by atoms with E-state index in [2.05, 4.69) is 15.9 Å². The van der Waals surface area contributed by atoms with E-state index in [9.17, 15) is 13.6 Å². The van der Waals surface area contributed by atoms with Gasteiger partial charge in [0.25, 0.3) is 0 Å². The molecule has 0 atom stereocenters. The molecule has 0 bridgehead atoms. The fraction of sp³-hybridized carbons (Fsp3) is 0.0714. The van der Waals surface area contributed by atoms with Crippen LogP contribution in [0.15, 0.2) is 40.9 Å². The highest BCUT2D eigenvalue weighted by atomic mass is 79.9. The maximum atomic E-state index is 13.3. The van der Waals surface area contributed by atoms with Crippen molar-refractivity contribution in [2.75, 3.05) is 0 Å². The van der Waals surface area contributed by atoms with Gasteiger partial charge in [-0.2, -0.15) is 0 Å². The van der Waals surface area contributed by atoms with Crippen LogP contribution in [-0.4, -0.2) is 11.1 Å². The number of carboxylic acids is 1. The average Bonchev–Trinajstić information content (AvgIpc) is 2.41. The Balaban J connectivity index is 2.12. The zero-order valence-corrected chi connectivity index (χ0v) is 11.7. The maximum Gasteiger partial charge on any atom is 0.338 e. The molecular weight excluding hydrogens is 334 g/mol. The molecule has 0 spiro atoms. The van der Waals surface area contributed by atoms with E-state index in [4.69, 9.17) is 9.84 Å². The van der Waals surface area contributed by atoms with Crippen molar-refractivity contribution in [1.82, 2.24) is 0 Å². The number of carboxylic acid groups (broad SMARTS) is 1. The third-order valence-electron chi connectivity index (χ3n) is 2.56. The third kappa shape index (κ3) is 3.33. The van der Waals surface area contributed by atoms with Crippen LogP contribution in [0.1, 0.15) is 15.9 Å². The van der Waals surface area contributed by atoms with Gasteiger partial charge in [-0.1, -0.05) is 6.07 Å². The van der Waals surface area contributed by atoms with Crippen molar-refractivity contribution in [3.63, 3.8) is 0 Å². The summed E-state index contributed by atoms with van der Waals surface area (Å²) in [6.07, 6.45) is 0. The van der Waals surface area contributed by atoms with E-state index in [1.807, 2.05) is 0 Å². The molecule has 0 saturated heterocycles. The van der Waals surface area contributed by atoms with E-state index >= 15 is 0 Å². The van der Waals surface area contributed by atoms with E-state index in [0.717, 1.165) is 6.07 Å². The van der Waals surface area contributed by atoms with Crippen molar-refractivity contribution in [1.29, 1.82) is 0 Å². The average molecular weight is 343 g/mol. The Hall–Kier alpha value is -1.95. The number of aromatic carboxylic acids is 1. The third-order valence-corrected chi connectivity index (χ3v) is 3.20. The highest BCUT2D eigenvalue weighted by Crippen LogP contribution is 2.22. The first-order chi connectivity index (χ1) is 9.47. The predicted molar refractivity (Wildman–Crippen MR) is 71.8 cm³/mol. The summed E-state index contributed by atoms with van der Waals surface area (Å²) in [5.74, 6) is -2.32. The van der Waals surface area contributed by atoms with Gasteiger partial charge in [-0.25, -0.2) is 13.6 Å². The van der Waals surface area contributed by atoms with E-state index in [0.29, 0.717) is 15.8 Å². The van der Waals surface area contributed by atoms with Gasteiger partial charge in [0.2, 0.25) is 0 Å². The molecule has 0 radical (unpaired) electrons. The van der Waals surface area contributed by atoms with Crippen molar-refractivity contribution in [2.24, 2.45) is 0 Å². The molecule has 0 heterocycles. The molecule has 0 saturated carbocycles. The van der Waals surface area contributed by atoms with Crippen LogP contribution in [-0.2, 0) is 6.61 Å². The summed E-state index contributed by atoms with van der Waals surface area (Å²) in [5.41, 5.74) is 0.0558. The predicted octanol–water partition coefficient (Wildman–Crippen LogP) is 4.00. The Bertz CT molecular complexity index is 659. The summed E-state index contributed by atoms with van der Waals surface area (Å²) >= 11 is 3.02. The maximum absolute atomic E-state index is 13.3. The van der Waals surface area contributed by atoms with Crippen LogP contribution in [0.4, 0.5) is 8.78 Å². The molecule has 104 valence electrons. The summed E-state index contributed by atoms with van der Waals surface area (Å²) < 4.78 is 32.1. The first-order valence-corrected chi connectivity index (χ1v) is 6.36. The lowest BCUT2D eigenvalue weighted by Gasteiger charge is -2.08. The summed E-state index contributed by atoms with van der Waals surface area (Å²) in [5, 5.41) is 8.81. The lowest BCUT2D eigenvalue weighted by Crippen LogP contribution is -2.03. The highest BCUT2D eigenvalue weighted by Gasteiger charge is 2.11. The Labute approximate surface area is 121 Å². The Kier molecular flexibility index (Phi) is 4.34. The molecule has 3 nitrogen and oxygen atoms in total. The van der Waals surface area contributed by atoms with E-state index in [1.165, 1.54) is 24.3 Å². The molecule has 1 N–H and O–H groups in total. The zero-order valence-electron chi connectivity index (χ0n) is 10.1. The number of carbonyl (C=O) groups is 1. The Morgan fingerprint density at radius 3 is 2.55 bits per heavy atom. The number of benzene rings is 2. The van der Waals surface area contributed by atoms with Crippen LogP contribution in [0.3, 0.4) is 0 Å².